The average molecular weight is 444 g/mol. The summed E-state index contributed by atoms with van der Waals surface area (Å²) >= 11 is 1.68. The Morgan fingerprint density at radius 1 is 1.03 bits per heavy atom. The molecule has 1 aliphatic rings. The van der Waals surface area contributed by atoms with E-state index in [1.54, 1.807) is 37.3 Å². The Labute approximate surface area is 181 Å². The lowest BCUT2D eigenvalue weighted by molar-refractivity contribution is 0.0746. The molecule has 4 rings (SSSR count). The zero-order valence-corrected chi connectivity index (χ0v) is 19.0. The van der Waals surface area contributed by atoms with Crippen molar-refractivity contribution in [3.05, 3.63) is 53.6 Å². The van der Waals surface area contributed by atoms with Crippen LogP contribution in [0.4, 0.5) is 5.13 Å². The van der Waals surface area contributed by atoms with Gasteiger partial charge in [-0.3, -0.25) is 4.79 Å². The number of piperazine rings is 1. The van der Waals surface area contributed by atoms with Gasteiger partial charge in [0.1, 0.15) is 0 Å². The van der Waals surface area contributed by atoms with Crippen LogP contribution in [-0.2, 0) is 9.84 Å². The van der Waals surface area contributed by atoms with Crippen LogP contribution in [0.2, 0.25) is 0 Å². The van der Waals surface area contributed by atoms with E-state index in [1.807, 2.05) is 11.0 Å². The van der Waals surface area contributed by atoms with E-state index in [9.17, 15) is 13.2 Å². The smallest absolute Gasteiger partial charge is 0.253 e. The molecule has 0 aliphatic carbocycles. The minimum atomic E-state index is -3.33. The Bertz CT molecular complexity index is 1180. The van der Waals surface area contributed by atoms with Crippen molar-refractivity contribution in [2.24, 2.45) is 0 Å². The number of amides is 1. The van der Waals surface area contributed by atoms with E-state index in [0.717, 1.165) is 23.7 Å². The number of hydrogen-bond donors (Lipinski definition) is 0. The number of fused-ring (bicyclic) bond motifs is 1. The molecule has 2 heterocycles. The molecule has 2 aromatic carbocycles. The number of aryl methyl sites for hydroxylation is 1. The van der Waals surface area contributed by atoms with E-state index in [0.29, 0.717) is 18.7 Å². The Balaban J connectivity index is 1.42. The van der Waals surface area contributed by atoms with Gasteiger partial charge in [0.15, 0.2) is 15.0 Å². The van der Waals surface area contributed by atoms with Gasteiger partial charge in [0.05, 0.1) is 20.4 Å². The minimum absolute atomic E-state index is 0.0666. The standard InChI is InChI=1S/C22H25N3O3S2/c1-15(2)30(27,28)18-7-5-17(6-8-18)21(26)24-10-12-25(13-11-24)22-23-19-9-4-16(3)14-20(19)29-22/h4-9,14-15H,10-13H2,1-3H3. The van der Waals surface area contributed by atoms with Crippen molar-refractivity contribution < 1.29 is 13.2 Å². The first-order chi connectivity index (χ1) is 14.3. The lowest BCUT2D eigenvalue weighted by Crippen LogP contribution is -2.48. The lowest BCUT2D eigenvalue weighted by Gasteiger charge is -2.34. The number of nitrogens with zero attached hydrogens (tertiary/aromatic N) is 3. The van der Waals surface area contributed by atoms with Crippen LogP contribution in [0, 0.1) is 6.92 Å². The number of sulfone groups is 1. The maximum atomic E-state index is 12.9. The Kier molecular flexibility index (Phi) is 5.55. The molecule has 6 nitrogen and oxygen atoms in total. The van der Waals surface area contributed by atoms with Gasteiger partial charge in [-0.2, -0.15) is 0 Å². The van der Waals surface area contributed by atoms with Crippen molar-refractivity contribution in [1.29, 1.82) is 0 Å². The van der Waals surface area contributed by atoms with Crippen molar-refractivity contribution in [2.45, 2.75) is 30.9 Å². The van der Waals surface area contributed by atoms with Gasteiger partial charge >= 0.3 is 0 Å². The van der Waals surface area contributed by atoms with Crippen molar-refractivity contribution in [1.82, 2.24) is 9.88 Å². The second kappa shape index (κ2) is 8.00. The predicted molar refractivity (Wildman–Crippen MR) is 121 cm³/mol. The van der Waals surface area contributed by atoms with E-state index in [-0.39, 0.29) is 10.8 Å². The molecule has 158 valence electrons. The molecule has 0 spiro atoms. The first kappa shape index (κ1) is 20.8. The molecule has 1 aliphatic heterocycles. The number of anilines is 1. The number of benzene rings is 2. The van der Waals surface area contributed by atoms with E-state index in [4.69, 9.17) is 4.98 Å². The highest BCUT2D eigenvalue weighted by atomic mass is 32.2. The molecule has 1 aromatic heterocycles. The van der Waals surface area contributed by atoms with Crippen molar-refractivity contribution >= 4 is 42.4 Å². The zero-order valence-electron chi connectivity index (χ0n) is 17.3. The summed E-state index contributed by atoms with van der Waals surface area (Å²) in [6.45, 7) is 8.06. The first-order valence-corrected chi connectivity index (χ1v) is 12.4. The Morgan fingerprint density at radius 2 is 1.70 bits per heavy atom. The number of carbonyl (C=O) groups is 1. The number of carbonyl (C=O) groups excluding carboxylic acids is 1. The molecular formula is C22H25N3O3S2. The molecule has 30 heavy (non-hydrogen) atoms. The summed E-state index contributed by atoms with van der Waals surface area (Å²) < 4.78 is 25.7. The van der Waals surface area contributed by atoms with Gasteiger partial charge in [-0.1, -0.05) is 17.4 Å². The molecule has 0 unspecified atom stereocenters. The molecule has 0 saturated carbocycles. The Morgan fingerprint density at radius 3 is 2.33 bits per heavy atom. The molecule has 1 fully saturated rings. The van der Waals surface area contributed by atoms with Crippen LogP contribution in [0.3, 0.4) is 0 Å². The predicted octanol–water partition coefficient (Wildman–Crippen LogP) is 3.75. The summed E-state index contributed by atoms with van der Waals surface area (Å²) in [4.78, 5) is 21.9. The van der Waals surface area contributed by atoms with Crippen LogP contribution in [0.5, 0.6) is 0 Å². The molecule has 0 radical (unpaired) electrons. The van der Waals surface area contributed by atoms with Gasteiger partial charge in [-0.25, -0.2) is 13.4 Å². The second-order valence-electron chi connectivity index (χ2n) is 7.87. The van der Waals surface area contributed by atoms with Gasteiger partial charge < -0.3 is 9.80 Å². The molecule has 0 bridgehead atoms. The normalized spacial score (nSPS) is 15.2. The number of thiazole rings is 1. The van der Waals surface area contributed by atoms with Crippen molar-refractivity contribution in [3.63, 3.8) is 0 Å². The van der Waals surface area contributed by atoms with Crippen LogP contribution in [0.1, 0.15) is 29.8 Å². The summed E-state index contributed by atoms with van der Waals surface area (Å²) in [5.74, 6) is -0.0666. The number of rotatable bonds is 4. The Hall–Kier alpha value is -2.45. The van der Waals surface area contributed by atoms with Gasteiger partial charge in [-0.15, -0.1) is 0 Å². The fraction of sp³-hybridized carbons (Fsp3) is 0.364. The van der Waals surface area contributed by atoms with E-state index < -0.39 is 15.1 Å². The fourth-order valence-electron chi connectivity index (χ4n) is 3.50. The topological polar surface area (TPSA) is 70.6 Å². The number of hydrogen-bond acceptors (Lipinski definition) is 6. The maximum Gasteiger partial charge on any atom is 0.253 e. The van der Waals surface area contributed by atoms with E-state index >= 15 is 0 Å². The summed E-state index contributed by atoms with van der Waals surface area (Å²) in [5.41, 5.74) is 2.75. The molecule has 3 aromatic rings. The SMILES string of the molecule is Cc1ccc2nc(N3CCN(C(=O)c4ccc(S(=O)(=O)C(C)C)cc4)CC3)sc2c1. The second-order valence-corrected chi connectivity index (χ2v) is 11.4. The average Bonchev–Trinajstić information content (AvgIpc) is 3.16. The zero-order chi connectivity index (χ0) is 21.5. The molecule has 8 heteroatoms. The van der Waals surface area contributed by atoms with Crippen LogP contribution < -0.4 is 4.90 Å². The molecule has 1 amide bonds. The van der Waals surface area contributed by atoms with Gasteiger partial charge in [0, 0.05) is 31.7 Å². The summed E-state index contributed by atoms with van der Waals surface area (Å²) in [5, 5.41) is 0.504. The van der Waals surface area contributed by atoms with Crippen LogP contribution >= 0.6 is 11.3 Å². The van der Waals surface area contributed by atoms with Crippen molar-refractivity contribution in [2.75, 3.05) is 31.1 Å². The highest BCUT2D eigenvalue weighted by Gasteiger charge is 2.25. The third-order valence-corrected chi connectivity index (χ3v) is 8.67. The molecule has 0 atom stereocenters. The van der Waals surface area contributed by atoms with Crippen LogP contribution in [0.15, 0.2) is 47.4 Å². The molecular weight excluding hydrogens is 418 g/mol. The molecule has 0 N–H and O–H groups in total. The third kappa shape index (κ3) is 3.94. The van der Waals surface area contributed by atoms with Crippen molar-refractivity contribution in [3.8, 4) is 0 Å². The largest absolute Gasteiger partial charge is 0.345 e. The van der Waals surface area contributed by atoms with E-state index in [2.05, 4.69) is 24.0 Å². The van der Waals surface area contributed by atoms with Gasteiger partial charge in [-0.05, 0) is 62.7 Å². The van der Waals surface area contributed by atoms with Gasteiger partial charge in [0.25, 0.3) is 5.91 Å². The third-order valence-electron chi connectivity index (χ3n) is 5.42. The van der Waals surface area contributed by atoms with Crippen LogP contribution in [-0.4, -0.2) is 55.6 Å². The first-order valence-electron chi connectivity index (χ1n) is 10.0. The fourth-order valence-corrected chi connectivity index (χ4v) is 5.67. The van der Waals surface area contributed by atoms with Crippen LogP contribution in [0.25, 0.3) is 10.2 Å². The highest BCUT2D eigenvalue weighted by Crippen LogP contribution is 2.30. The minimum Gasteiger partial charge on any atom is -0.345 e. The summed E-state index contributed by atoms with van der Waals surface area (Å²) in [6, 6.07) is 12.6. The lowest BCUT2D eigenvalue weighted by atomic mass is 10.2. The number of aromatic nitrogens is 1. The van der Waals surface area contributed by atoms with E-state index in [1.165, 1.54) is 22.4 Å². The summed E-state index contributed by atoms with van der Waals surface area (Å²) in [6.07, 6.45) is 0. The quantitative estimate of drug-likeness (QED) is 0.614. The maximum absolute atomic E-state index is 12.9. The highest BCUT2D eigenvalue weighted by molar-refractivity contribution is 7.92. The monoisotopic (exact) mass is 443 g/mol. The molecule has 1 saturated heterocycles. The van der Waals surface area contributed by atoms with Gasteiger partial charge in [0.2, 0.25) is 0 Å². The summed E-state index contributed by atoms with van der Waals surface area (Å²) in [7, 11) is -3.33.